The second-order valence-corrected chi connectivity index (χ2v) is 6.81. The van der Waals surface area contributed by atoms with Crippen LogP contribution in [0.1, 0.15) is 56.7 Å². The second kappa shape index (κ2) is 7.96. The summed E-state index contributed by atoms with van der Waals surface area (Å²) in [6.45, 7) is 8.48. The van der Waals surface area contributed by atoms with Gasteiger partial charge < -0.3 is 10.6 Å². The first kappa shape index (κ1) is 17.2. The molecule has 7 heteroatoms. The molecule has 0 spiro atoms. The summed E-state index contributed by atoms with van der Waals surface area (Å²) in [5.41, 5.74) is 0. The van der Waals surface area contributed by atoms with Crippen LogP contribution in [0.5, 0.6) is 0 Å². The van der Waals surface area contributed by atoms with Crippen LogP contribution in [0, 0.1) is 6.92 Å². The molecule has 2 atom stereocenters. The maximum Gasteiger partial charge on any atom is 0.191 e. The molecule has 134 valence electrons. The van der Waals surface area contributed by atoms with Gasteiger partial charge in [0.15, 0.2) is 5.96 Å². The maximum atomic E-state index is 4.59. The Morgan fingerprint density at radius 3 is 2.92 bits per heavy atom. The summed E-state index contributed by atoms with van der Waals surface area (Å²) in [4.78, 5) is 11.6. The second-order valence-electron chi connectivity index (χ2n) is 6.81. The van der Waals surface area contributed by atoms with E-state index in [0.29, 0.717) is 6.04 Å². The summed E-state index contributed by atoms with van der Waals surface area (Å²) in [5, 5.41) is 11.5. The van der Waals surface area contributed by atoms with Gasteiger partial charge in [0.05, 0.1) is 6.04 Å². The maximum absolute atomic E-state index is 4.59. The molecule has 24 heavy (non-hydrogen) atoms. The van der Waals surface area contributed by atoms with E-state index in [0.717, 1.165) is 50.1 Å². The van der Waals surface area contributed by atoms with Crippen LogP contribution >= 0.6 is 0 Å². The van der Waals surface area contributed by atoms with Crippen LogP contribution in [0.15, 0.2) is 4.99 Å². The minimum Gasteiger partial charge on any atom is -0.355 e. The number of nitrogens with zero attached hydrogens (tertiary/aromatic N) is 5. The van der Waals surface area contributed by atoms with Gasteiger partial charge in [-0.25, -0.2) is 9.67 Å². The number of hydrogen-bond acceptors (Lipinski definition) is 4. The van der Waals surface area contributed by atoms with Gasteiger partial charge in [-0.2, -0.15) is 5.10 Å². The Kier molecular flexibility index (Phi) is 5.71. The number of hydrogen-bond donors (Lipinski definition) is 2. The van der Waals surface area contributed by atoms with Crippen LogP contribution in [0.2, 0.25) is 0 Å². The predicted molar refractivity (Wildman–Crippen MR) is 96.1 cm³/mol. The Morgan fingerprint density at radius 1 is 1.25 bits per heavy atom. The predicted octanol–water partition coefficient (Wildman–Crippen LogP) is 1.46. The van der Waals surface area contributed by atoms with E-state index in [1.165, 1.54) is 25.8 Å². The number of fused-ring (bicyclic) bond motifs is 1. The van der Waals surface area contributed by atoms with Crippen LogP contribution in [0.25, 0.3) is 0 Å². The van der Waals surface area contributed by atoms with E-state index in [2.05, 4.69) is 37.5 Å². The summed E-state index contributed by atoms with van der Waals surface area (Å²) >= 11 is 0. The number of likely N-dealkylation sites (N-methyl/N-ethyl adjacent to an activating group) is 1. The molecule has 1 aromatic rings. The molecule has 0 aliphatic carbocycles. The lowest BCUT2D eigenvalue weighted by Gasteiger charge is -2.35. The highest BCUT2D eigenvalue weighted by Crippen LogP contribution is 2.22. The fraction of sp³-hybridized carbons (Fsp3) is 0.824. The average molecular weight is 333 g/mol. The van der Waals surface area contributed by atoms with Gasteiger partial charge in [-0.05, 0) is 45.7 Å². The number of aromatic nitrogens is 3. The molecule has 0 saturated carbocycles. The molecule has 7 nitrogen and oxygen atoms in total. The van der Waals surface area contributed by atoms with E-state index >= 15 is 0 Å². The molecule has 3 heterocycles. The Hall–Kier alpha value is -1.63. The number of piperidine rings is 1. The molecule has 3 rings (SSSR count). The third-order valence-electron chi connectivity index (χ3n) is 5.18. The first-order chi connectivity index (χ1) is 11.7. The Morgan fingerprint density at radius 2 is 2.12 bits per heavy atom. The van der Waals surface area contributed by atoms with Crippen molar-refractivity contribution in [3.63, 3.8) is 0 Å². The van der Waals surface area contributed by atoms with Gasteiger partial charge in [0.25, 0.3) is 0 Å². The van der Waals surface area contributed by atoms with Gasteiger partial charge in [0.1, 0.15) is 11.6 Å². The van der Waals surface area contributed by atoms with Crippen molar-refractivity contribution in [1.82, 2.24) is 30.3 Å². The number of aryl methyl sites for hydroxylation is 2. The third-order valence-corrected chi connectivity index (χ3v) is 5.18. The minimum absolute atomic E-state index is 0.194. The van der Waals surface area contributed by atoms with Crippen LogP contribution in [0.3, 0.4) is 0 Å². The first-order valence-corrected chi connectivity index (χ1v) is 9.33. The van der Waals surface area contributed by atoms with Crippen molar-refractivity contribution in [2.75, 3.05) is 26.7 Å². The van der Waals surface area contributed by atoms with Crippen molar-refractivity contribution in [2.45, 2.75) is 64.6 Å². The number of guanidine groups is 1. The van der Waals surface area contributed by atoms with E-state index < -0.39 is 0 Å². The number of likely N-dealkylation sites (tertiary alicyclic amines) is 1. The van der Waals surface area contributed by atoms with E-state index in [1.54, 1.807) is 0 Å². The highest BCUT2D eigenvalue weighted by molar-refractivity contribution is 5.80. The Labute approximate surface area is 144 Å². The van der Waals surface area contributed by atoms with Crippen molar-refractivity contribution >= 4 is 5.96 Å². The SMILES string of the molecule is CCN1CCCCC1CNC(=NC)NC1CCCn2nc(C)nc21. The highest BCUT2D eigenvalue weighted by Gasteiger charge is 2.25. The van der Waals surface area contributed by atoms with Crippen LogP contribution in [-0.2, 0) is 6.54 Å². The molecular formula is C17H31N7. The van der Waals surface area contributed by atoms with Crippen molar-refractivity contribution in [3.05, 3.63) is 11.6 Å². The van der Waals surface area contributed by atoms with Crippen molar-refractivity contribution in [2.24, 2.45) is 4.99 Å². The lowest BCUT2D eigenvalue weighted by atomic mass is 10.0. The quantitative estimate of drug-likeness (QED) is 0.645. The van der Waals surface area contributed by atoms with Gasteiger partial charge >= 0.3 is 0 Å². The number of rotatable bonds is 4. The fourth-order valence-corrected chi connectivity index (χ4v) is 3.89. The van der Waals surface area contributed by atoms with Crippen molar-refractivity contribution < 1.29 is 0 Å². The summed E-state index contributed by atoms with van der Waals surface area (Å²) in [6.07, 6.45) is 6.13. The molecule has 0 aromatic carbocycles. The lowest BCUT2D eigenvalue weighted by Crippen LogP contribution is -2.49. The zero-order valence-electron chi connectivity index (χ0n) is 15.3. The molecule has 1 aromatic heterocycles. The third kappa shape index (κ3) is 3.88. The zero-order chi connectivity index (χ0) is 16.9. The molecule has 1 fully saturated rings. The van der Waals surface area contributed by atoms with Gasteiger partial charge in [-0.3, -0.25) is 9.89 Å². The lowest BCUT2D eigenvalue weighted by molar-refractivity contribution is 0.157. The summed E-state index contributed by atoms with van der Waals surface area (Å²) < 4.78 is 2.03. The van der Waals surface area contributed by atoms with Crippen LogP contribution in [0.4, 0.5) is 0 Å². The molecule has 0 bridgehead atoms. The average Bonchev–Trinajstić information content (AvgIpc) is 2.99. The molecule has 0 amide bonds. The molecular weight excluding hydrogens is 302 g/mol. The zero-order valence-corrected chi connectivity index (χ0v) is 15.3. The van der Waals surface area contributed by atoms with Crippen LogP contribution < -0.4 is 10.6 Å². The topological polar surface area (TPSA) is 70.4 Å². The standard InChI is InChI=1S/C17H31N7/c1-4-23-10-6-5-8-14(23)12-19-17(18-3)21-15-9-7-11-24-16(15)20-13(2)22-24/h14-15H,4-12H2,1-3H3,(H2,18,19,21). The molecule has 2 unspecified atom stereocenters. The largest absolute Gasteiger partial charge is 0.355 e. The van der Waals surface area contributed by atoms with E-state index in [9.17, 15) is 0 Å². The van der Waals surface area contributed by atoms with E-state index in [-0.39, 0.29) is 6.04 Å². The van der Waals surface area contributed by atoms with Crippen LogP contribution in [-0.4, -0.2) is 58.3 Å². The first-order valence-electron chi connectivity index (χ1n) is 9.33. The van der Waals surface area contributed by atoms with Crippen molar-refractivity contribution in [3.8, 4) is 0 Å². The van der Waals surface area contributed by atoms with Gasteiger partial charge in [-0.1, -0.05) is 13.3 Å². The number of aliphatic imine (C=N–C) groups is 1. The van der Waals surface area contributed by atoms with Crippen molar-refractivity contribution in [1.29, 1.82) is 0 Å². The minimum atomic E-state index is 0.194. The van der Waals surface area contributed by atoms with E-state index in [1.807, 2.05) is 18.7 Å². The van der Waals surface area contributed by atoms with Gasteiger partial charge in [0.2, 0.25) is 0 Å². The molecule has 0 radical (unpaired) electrons. The summed E-state index contributed by atoms with van der Waals surface area (Å²) in [5.74, 6) is 2.76. The normalized spacial score (nSPS) is 25.4. The molecule has 2 aliphatic heterocycles. The molecule has 2 N–H and O–H groups in total. The highest BCUT2D eigenvalue weighted by atomic mass is 15.4. The fourth-order valence-electron chi connectivity index (χ4n) is 3.89. The summed E-state index contributed by atoms with van der Waals surface area (Å²) in [6, 6.07) is 0.805. The molecule has 2 aliphatic rings. The van der Waals surface area contributed by atoms with Gasteiger partial charge in [0, 0.05) is 26.2 Å². The monoisotopic (exact) mass is 333 g/mol. The van der Waals surface area contributed by atoms with E-state index in [4.69, 9.17) is 0 Å². The Bertz CT molecular complexity index is 565. The number of nitrogens with one attached hydrogen (secondary N) is 2. The molecule has 1 saturated heterocycles. The Balaban J connectivity index is 1.57. The smallest absolute Gasteiger partial charge is 0.191 e. The summed E-state index contributed by atoms with van der Waals surface area (Å²) in [7, 11) is 1.84. The van der Waals surface area contributed by atoms with Gasteiger partial charge in [-0.15, -0.1) is 0 Å².